The highest BCUT2D eigenvalue weighted by molar-refractivity contribution is 7.85. The van der Waals surface area contributed by atoms with Crippen LogP contribution in [0.5, 0.6) is 0 Å². The van der Waals surface area contributed by atoms with Crippen LogP contribution < -0.4 is 5.32 Å². The summed E-state index contributed by atoms with van der Waals surface area (Å²) >= 11 is 0. The van der Waals surface area contributed by atoms with Gasteiger partial charge in [0.1, 0.15) is 6.10 Å². The fraction of sp³-hybridized carbons (Fsp3) is 0.935. The molecule has 0 aliphatic rings. The number of rotatable bonds is 43. The Kier molecular flexibility index (Phi) is 39.5. The van der Waals surface area contributed by atoms with Crippen molar-refractivity contribution in [2.45, 2.75) is 270 Å². The van der Waals surface area contributed by atoms with Crippen LogP contribution >= 0.6 is 0 Å². The van der Waals surface area contributed by atoms with E-state index in [-0.39, 0.29) is 6.42 Å². The number of unbranched alkanes of at least 4 members (excludes halogenated alkanes) is 34. The van der Waals surface area contributed by atoms with Gasteiger partial charge < -0.3 is 15.5 Å². The van der Waals surface area contributed by atoms with Crippen LogP contribution in [0, 0.1) is 0 Å². The van der Waals surface area contributed by atoms with Crippen LogP contribution in [0.2, 0.25) is 0 Å². The Balaban J connectivity index is 3.92. The van der Waals surface area contributed by atoms with Gasteiger partial charge in [-0.2, -0.15) is 8.42 Å². The number of aliphatic hydroxyl groups excluding tert-OH is 2. The minimum absolute atomic E-state index is 0.286. The molecule has 0 saturated carbocycles. The largest absolute Gasteiger partial charge is 0.387 e. The third-order valence-corrected chi connectivity index (χ3v) is 11.9. The van der Waals surface area contributed by atoms with Crippen molar-refractivity contribution in [3.8, 4) is 0 Å². The zero-order chi connectivity index (χ0) is 39.8. The van der Waals surface area contributed by atoms with Gasteiger partial charge in [0, 0.05) is 0 Å². The fourth-order valence-electron chi connectivity index (χ4n) is 7.46. The lowest BCUT2D eigenvalue weighted by Gasteiger charge is -2.22. The summed E-state index contributed by atoms with van der Waals surface area (Å²) in [6.07, 6.45) is 47.0. The minimum atomic E-state index is -4.44. The van der Waals surface area contributed by atoms with Gasteiger partial charge in [-0.25, -0.2) is 0 Å². The Morgan fingerprint density at radius 3 is 1.11 bits per heavy atom. The molecule has 4 N–H and O–H groups in total. The third-order valence-electron chi connectivity index (χ3n) is 11.1. The molecule has 0 aromatic heterocycles. The standard InChI is InChI=1S/C46H91NO6S/c1-3-5-7-9-11-13-15-17-19-21-22-23-25-26-28-30-32-34-36-38-40-44(48)43(42-54(51,52)53)47-46(50)45(49)41-39-37-35-33-31-29-27-24-20-18-16-14-12-10-8-6-4-2/h38,40,43-45,48-49H,3-37,39,41-42H2,1-2H3,(H,47,50)(H,51,52,53)/b40-38+. The molecule has 1 amide bonds. The first-order valence-electron chi connectivity index (χ1n) is 23.5. The molecular weight excluding hydrogens is 695 g/mol. The smallest absolute Gasteiger partial charge is 0.267 e. The van der Waals surface area contributed by atoms with E-state index in [0.29, 0.717) is 6.42 Å². The lowest BCUT2D eigenvalue weighted by atomic mass is 10.0. The molecule has 0 heterocycles. The number of hydrogen-bond donors (Lipinski definition) is 4. The monoisotopic (exact) mass is 786 g/mol. The molecule has 3 atom stereocenters. The van der Waals surface area contributed by atoms with Gasteiger partial charge in [-0.3, -0.25) is 9.35 Å². The molecule has 0 aromatic rings. The van der Waals surface area contributed by atoms with Gasteiger partial charge in [0.05, 0.1) is 17.9 Å². The quantitative estimate of drug-likeness (QED) is 0.0277. The molecule has 3 unspecified atom stereocenters. The molecule has 0 spiro atoms. The molecule has 0 bridgehead atoms. The first-order chi connectivity index (χ1) is 26.2. The average Bonchev–Trinajstić information content (AvgIpc) is 3.14. The summed E-state index contributed by atoms with van der Waals surface area (Å²) in [5, 5.41) is 23.5. The Hall–Kier alpha value is -0.960. The van der Waals surface area contributed by atoms with E-state index >= 15 is 0 Å². The van der Waals surface area contributed by atoms with E-state index in [2.05, 4.69) is 19.2 Å². The summed E-state index contributed by atoms with van der Waals surface area (Å²) in [5.41, 5.74) is 0. The predicted molar refractivity (Wildman–Crippen MR) is 232 cm³/mol. The molecule has 0 aliphatic carbocycles. The number of nitrogens with one attached hydrogen (secondary N) is 1. The molecule has 0 radical (unpaired) electrons. The fourth-order valence-corrected chi connectivity index (χ4v) is 8.19. The van der Waals surface area contributed by atoms with Crippen molar-refractivity contribution >= 4 is 16.0 Å². The molecule has 0 fully saturated rings. The number of amides is 1. The van der Waals surface area contributed by atoms with Crippen molar-refractivity contribution in [1.29, 1.82) is 0 Å². The number of hydrogen-bond acceptors (Lipinski definition) is 5. The predicted octanol–water partition coefficient (Wildman–Crippen LogP) is 13.1. The van der Waals surface area contributed by atoms with Crippen molar-refractivity contribution in [3.05, 3.63) is 12.2 Å². The van der Waals surface area contributed by atoms with E-state index in [4.69, 9.17) is 0 Å². The van der Waals surface area contributed by atoms with E-state index in [9.17, 15) is 28.0 Å². The highest BCUT2D eigenvalue weighted by Gasteiger charge is 2.27. The van der Waals surface area contributed by atoms with Crippen molar-refractivity contribution < 1.29 is 28.0 Å². The van der Waals surface area contributed by atoms with Gasteiger partial charge in [-0.1, -0.05) is 244 Å². The highest BCUT2D eigenvalue weighted by Crippen LogP contribution is 2.17. The highest BCUT2D eigenvalue weighted by atomic mass is 32.2. The molecule has 0 aromatic carbocycles. The second kappa shape index (κ2) is 40.2. The summed E-state index contributed by atoms with van der Waals surface area (Å²) in [6.45, 7) is 4.54. The molecule has 8 heteroatoms. The van der Waals surface area contributed by atoms with Crippen molar-refractivity contribution in [2.75, 3.05) is 5.75 Å². The van der Waals surface area contributed by atoms with Crippen molar-refractivity contribution in [2.24, 2.45) is 0 Å². The zero-order valence-electron chi connectivity index (χ0n) is 35.7. The van der Waals surface area contributed by atoms with Gasteiger partial charge in [-0.15, -0.1) is 0 Å². The lowest BCUT2D eigenvalue weighted by Crippen LogP contribution is -2.50. The Morgan fingerprint density at radius 2 is 0.796 bits per heavy atom. The molecule has 0 aliphatic heterocycles. The molecule has 0 saturated heterocycles. The maximum atomic E-state index is 12.6. The summed E-state index contributed by atoms with van der Waals surface area (Å²) in [6, 6.07) is -1.23. The molecular formula is C46H91NO6S. The van der Waals surface area contributed by atoms with E-state index < -0.39 is 40.0 Å². The van der Waals surface area contributed by atoms with Gasteiger partial charge in [0.2, 0.25) is 5.91 Å². The van der Waals surface area contributed by atoms with Crippen LogP contribution in [0.15, 0.2) is 12.2 Å². The van der Waals surface area contributed by atoms with E-state index in [1.807, 2.05) is 6.08 Å². The van der Waals surface area contributed by atoms with E-state index in [1.165, 1.54) is 192 Å². The van der Waals surface area contributed by atoms with Gasteiger partial charge in [-0.05, 0) is 19.3 Å². The van der Waals surface area contributed by atoms with Gasteiger partial charge in [0.25, 0.3) is 10.1 Å². The van der Waals surface area contributed by atoms with Crippen LogP contribution in [0.1, 0.15) is 251 Å². The van der Waals surface area contributed by atoms with Crippen LogP contribution in [0.3, 0.4) is 0 Å². The van der Waals surface area contributed by atoms with Crippen molar-refractivity contribution in [3.63, 3.8) is 0 Å². The molecule has 7 nitrogen and oxygen atoms in total. The summed E-state index contributed by atoms with van der Waals surface area (Å²) in [5.74, 6) is -1.52. The Labute approximate surface area is 335 Å². The van der Waals surface area contributed by atoms with Gasteiger partial charge in [0.15, 0.2) is 0 Å². The van der Waals surface area contributed by atoms with Crippen LogP contribution in [-0.2, 0) is 14.9 Å². The summed E-state index contributed by atoms with van der Waals surface area (Å²) < 4.78 is 32.6. The van der Waals surface area contributed by atoms with Gasteiger partial charge >= 0.3 is 0 Å². The normalized spacial score (nSPS) is 13.8. The average molecular weight is 786 g/mol. The molecule has 54 heavy (non-hydrogen) atoms. The van der Waals surface area contributed by atoms with Crippen LogP contribution in [0.25, 0.3) is 0 Å². The Morgan fingerprint density at radius 1 is 0.500 bits per heavy atom. The summed E-state index contributed by atoms with van der Waals surface area (Å²) in [4.78, 5) is 12.6. The van der Waals surface area contributed by atoms with Crippen molar-refractivity contribution in [1.82, 2.24) is 5.32 Å². The number of aliphatic hydroxyl groups is 2. The molecule has 0 rings (SSSR count). The SMILES string of the molecule is CCCCCCCCCCCCCCCCCCCC/C=C/C(O)C(CS(=O)(=O)O)NC(=O)C(O)CCCCCCCCCCCCCCCCCCC. The zero-order valence-corrected chi connectivity index (χ0v) is 36.5. The maximum absolute atomic E-state index is 12.6. The number of allylic oxidation sites excluding steroid dienone is 1. The van der Waals surface area contributed by atoms with Crippen LogP contribution in [-0.4, -0.2) is 53.1 Å². The number of carbonyl (C=O) groups is 1. The first-order valence-corrected chi connectivity index (χ1v) is 25.1. The molecule has 322 valence electrons. The number of carbonyl (C=O) groups excluding carboxylic acids is 1. The Bertz CT molecular complexity index is 926. The summed E-state index contributed by atoms with van der Waals surface area (Å²) in [7, 11) is -4.44. The van der Waals surface area contributed by atoms with E-state index in [0.717, 1.165) is 38.5 Å². The topological polar surface area (TPSA) is 124 Å². The minimum Gasteiger partial charge on any atom is -0.387 e. The third kappa shape index (κ3) is 39.3. The second-order valence-corrected chi connectivity index (χ2v) is 18.0. The van der Waals surface area contributed by atoms with E-state index in [1.54, 1.807) is 0 Å². The maximum Gasteiger partial charge on any atom is 0.267 e. The second-order valence-electron chi connectivity index (χ2n) is 16.5. The first kappa shape index (κ1) is 53.0. The van der Waals surface area contributed by atoms with Crippen LogP contribution in [0.4, 0.5) is 0 Å². The lowest BCUT2D eigenvalue weighted by molar-refractivity contribution is -0.130.